The Kier molecular flexibility index (Phi) is 4.97. The average Bonchev–Trinajstić information content (AvgIpc) is 2.25. The van der Waals surface area contributed by atoms with Crippen LogP contribution in [0.4, 0.5) is 0 Å². The number of primary amides is 1. The van der Waals surface area contributed by atoms with Gasteiger partial charge in [-0.15, -0.1) is 0 Å². The molecule has 0 saturated carbocycles. The SMILES string of the molecule is CCNC(COc1ccc(C)cc1C)C(N)=O. The van der Waals surface area contributed by atoms with Crippen LogP contribution in [0.3, 0.4) is 0 Å². The Hall–Kier alpha value is -1.55. The Bertz CT molecular complexity index is 391. The van der Waals surface area contributed by atoms with Crippen molar-refractivity contribution >= 4 is 5.91 Å². The lowest BCUT2D eigenvalue weighted by molar-refractivity contribution is -0.120. The highest BCUT2D eigenvalue weighted by molar-refractivity contribution is 5.80. The van der Waals surface area contributed by atoms with Gasteiger partial charge in [0, 0.05) is 0 Å². The van der Waals surface area contributed by atoms with Crippen molar-refractivity contribution in [2.75, 3.05) is 13.2 Å². The van der Waals surface area contributed by atoms with E-state index in [9.17, 15) is 4.79 Å². The molecule has 1 amide bonds. The highest BCUT2D eigenvalue weighted by Gasteiger charge is 2.14. The molecular weight excluding hydrogens is 216 g/mol. The molecule has 0 saturated heterocycles. The van der Waals surface area contributed by atoms with E-state index in [1.54, 1.807) is 0 Å². The summed E-state index contributed by atoms with van der Waals surface area (Å²) < 4.78 is 5.60. The van der Waals surface area contributed by atoms with Crippen molar-refractivity contribution in [3.05, 3.63) is 29.3 Å². The van der Waals surface area contributed by atoms with Gasteiger partial charge < -0.3 is 15.8 Å². The van der Waals surface area contributed by atoms with Gasteiger partial charge in [0.25, 0.3) is 0 Å². The molecule has 1 rings (SSSR count). The molecule has 0 aliphatic carbocycles. The smallest absolute Gasteiger partial charge is 0.238 e. The Morgan fingerprint density at radius 3 is 2.71 bits per heavy atom. The van der Waals surface area contributed by atoms with Gasteiger partial charge in [0.05, 0.1) is 0 Å². The maximum Gasteiger partial charge on any atom is 0.238 e. The number of carbonyl (C=O) groups excluding carboxylic acids is 1. The molecule has 0 aromatic heterocycles. The van der Waals surface area contributed by atoms with Gasteiger partial charge in [-0.3, -0.25) is 4.79 Å². The van der Waals surface area contributed by atoms with Crippen molar-refractivity contribution in [2.24, 2.45) is 5.73 Å². The lowest BCUT2D eigenvalue weighted by Crippen LogP contribution is -2.45. The third-order valence-electron chi connectivity index (χ3n) is 2.53. The summed E-state index contributed by atoms with van der Waals surface area (Å²) in [7, 11) is 0. The second-order valence-corrected chi connectivity index (χ2v) is 4.09. The summed E-state index contributed by atoms with van der Waals surface area (Å²) in [5.41, 5.74) is 7.52. The molecule has 1 aromatic carbocycles. The predicted molar refractivity (Wildman–Crippen MR) is 68.1 cm³/mol. The zero-order valence-corrected chi connectivity index (χ0v) is 10.6. The van der Waals surface area contributed by atoms with Crippen LogP contribution in [-0.4, -0.2) is 25.1 Å². The van der Waals surface area contributed by atoms with E-state index in [1.807, 2.05) is 39.0 Å². The second-order valence-electron chi connectivity index (χ2n) is 4.09. The normalized spacial score (nSPS) is 12.2. The fourth-order valence-electron chi connectivity index (χ4n) is 1.62. The summed E-state index contributed by atoms with van der Waals surface area (Å²) in [6.45, 7) is 6.88. The van der Waals surface area contributed by atoms with Crippen molar-refractivity contribution in [2.45, 2.75) is 26.8 Å². The van der Waals surface area contributed by atoms with Crippen LogP contribution in [0, 0.1) is 13.8 Å². The minimum Gasteiger partial charge on any atom is -0.491 e. The van der Waals surface area contributed by atoms with Crippen LogP contribution >= 0.6 is 0 Å². The minimum absolute atomic E-state index is 0.257. The Morgan fingerprint density at radius 2 is 2.18 bits per heavy atom. The van der Waals surface area contributed by atoms with Crippen molar-refractivity contribution in [3.63, 3.8) is 0 Å². The predicted octanol–water partition coefficient (Wildman–Crippen LogP) is 1.15. The molecule has 94 valence electrons. The topological polar surface area (TPSA) is 64.3 Å². The number of likely N-dealkylation sites (N-methyl/N-ethyl adjacent to an activating group) is 1. The standard InChI is InChI=1S/C13H20N2O2/c1-4-15-11(13(14)16)8-17-12-6-5-9(2)7-10(12)3/h5-7,11,15H,4,8H2,1-3H3,(H2,14,16). The monoisotopic (exact) mass is 236 g/mol. The van der Waals surface area contributed by atoms with Crippen LogP contribution in [-0.2, 0) is 4.79 Å². The number of nitrogens with two attached hydrogens (primary N) is 1. The molecule has 1 aromatic rings. The molecule has 0 heterocycles. The van der Waals surface area contributed by atoms with Crippen molar-refractivity contribution < 1.29 is 9.53 Å². The third kappa shape index (κ3) is 4.07. The summed E-state index contributed by atoms with van der Waals surface area (Å²) >= 11 is 0. The number of hydrogen-bond donors (Lipinski definition) is 2. The van der Waals surface area contributed by atoms with E-state index in [1.165, 1.54) is 5.56 Å². The maximum atomic E-state index is 11.1. The zero-order valence-electron chi connectivity index (χ0n) is 10.6. The van der Waals surface area contributed by atoms with Gasteiger partial charge in [0.15, 0.2) is 0 Å². The molecule has 0 spiro atoms. The van der Waals surface area contributed by atoms with E-state index in [0.717, 1.165) is 11.3 Å². The third-order valence-corrected chi connectivity index (χ3v) is 2.53. The first-order valence-corrected chi connectivity index (χ1v) is 5.77. The van der Waals surface area contributed by atoms with Crippen LogP contribution in [0.2, 0.25) is 0 Å². The average molecular weight is 236 g/mol. The first kappa shape index (κ1) is 13.5. The summed E-state index contributed by atoms with van der Waals surface area (Å²) in [4.78, 5) is 11.1. The molecule has 0 aliphatic heterocycles. The molecule has 3 N–H and O–H groups in total. The molecule has 0 radical (unpaired) electrons. The lowest BCUT2D eigenvalue weighted by Gasteiger charge is -2.16. The van der Waals surface area contributed by atoms with E-state index in [2.05, 4.69) is 5.32 Å². The highest BCUT2D eigenvalue weighted by atomic mass is 16.5. The molecule has 4 heteroatoms. The molecule has 0 aliphatic rings. The van der Waals surface area contributed by atoms with Gasteiger partial charge in [-0.2, -0.15) is 0 Å². The number of hydrogen-bond acceptors (Lipinski definition) is 3. The number of ether oxygens (including phenoxy) is 1. The van der Waals surface area contributed by atoms with Crippen molar-refractivity contribution in [3.8, 4) is 5.75 Å². The molecule has 1 atom stereocenters. The molecule has 0 bridgehead atoms. The molecular formula is C13H20N2O2. The quantitative estimate of drug-likeness (QED) is 0.778. The van der Waals surface area contributed by atoms with Crippen LogP contribution < -0.4 is 15.8 Å². The Balaban J connectivity index is 2.62. The largest absolute Gasteiger partial charge is 0.491 e. The van der Waals surface area contributed by atoms with E-state index >= 15 is 0 Å². The highest BCUT2D eigenvalue weighted by Crippen LogP contribution is 2.18. The number of aryl methyl sites for hydroxylation is 2. The van der Waals surface area contributed by atoms with E-state index < -0.39 is 11.9 Å². The van der Waals surface area contributed by atoms with Crippen molar-refractivity contribution in [1.82, 2.24) is 5.32 Å². The Morgan fingerprint density at radius 1 is 1.47 bits per heavy atom. The van der Waals surface area contributed by atoms with Crippen LogP contribution in [0.15, 0.2) is 18.2 Å². The van der Waals surface area contributed by atoms with Gasteiger partial charge in [-0.1, -0.05) is 24.6 Å². The van der Waals surface area contributed by atoms with Gasteiger partial charge >= 0.3 is 0 Å². The number of nitrogens with one attached hydrogen (secondary N) is 1. The van der Waals surface area contributed by atoms with E-state index in [-0.39, 0.29) is 6.61 Å². The first-order valence-electron chi connectivity index (χ1n) is 5.77. The van der Waals surface area contributed by atoms with Gasteiger partial charge in [-0.05, 0) is 32.0 Å². The van der Waals surface area contributed by atoms with Gasteiger partial charge in [-0.25, -0.2) is 0 Å². The van der Waals surface area contributed by atoms with Gasteiger partial charge in [0.2, 0.25) is 5.91 Å². The lowest BCUT2D eigenvalue weighted by atomic mass is 10.1. The Labute approximate surface area is 102 Å². The number of amides is 1. The molecule has 4 nitrogen and oxygen atoms in total. The molecule has 17 heavy (non-hydrogen) atoms. The van der Waals surface area contributed by atoms with E-state index in [4.69, 9.17) is 10.5 Å². The first-order chi connectivity index (χ1) is 8.04. The van der Waals surface area contributed by atoms with Crippen LogP contribution in [0.1, 0.15) is 18.1 Å². The second kappa shape index (κ2) is 6.25. The molecule has 0 fully saturated rings. The summed E-state index contributed by atoms with van der Waals surface area (Å²) in [5.74, 6) is 0.399. The fourth-order valence-corrected chi connectivity index (χ4v) is 1.62. The van der Waals surface area contributed by atoms with Crippen molar-refractivity contribution in [1.29, 1.82) is 0 Å². The van der Waals surface area contributed by atoms with Crippen LogP contribution in [0.5, 0.6) is 5.75 Å². The number of carbonyl (C=O) groups is 1. The summed E-state index contributed by atoms with van der Waals surface area (Å²) in [6, 6.07) is 5.49. The van der Waals surface area contributed by atoms with E-state index in [0.29, 0.717) is 6.54 Å². The summed E-state index contributed by atoms with van der Waals surface area (Å²) in [5, 5.41) is 2.98. The summed E-state index contributed by atoms with van der Waals surface area (Å²) in [6.07, 6.45) is 0. The molecule has 1 unspecified atom stereocenters. The fraction of sp³-hybridized carbons (Fsp3) is 0.462. The number of benzene rings is 1. The van der Waals surface area contributed by atoms with Crippen LogP contribution in [0.25, 0.3) is 0 Å². The minimum atomic E-state index is -0.444. The number of rotatable bonds is 6. The van der Waals surface area contributed by atoms with Gasteiger partial charge in [0.1, 0.15) is 18.4 Å². The maximum absolute atomic E-state index is 11.1. The zero-order chi connectivity index (χ0) is 12.8.